The lowest BCUT2D eigenvalue weighted by Crippen LogP contribution is -2.31. The highest BCUT2D eigenvalue weighted by atomic mass is 35.5. The van der Waals surface area contributed by atoms with Gasteiger partial charge in [0.15, 0.2) is 0 Å². The number of hydrogen-bond acceptors (Lipinski definition) is 2. The van der Waals surface area contributed by atoms with E-state index in [4.69, 9.17) is 16.3 Å². The normalized spacial score (nSPS) is 16.4. The first-order valence-electron chi connectivity index (χ1n) is 4.03. The maximum absolute atomic E-state index is 5.76. The molecular weight excluding hydrogens is 162 g/mol. The summed E-state index contributed by atoms with van der Waals surface area (Å²) in [6, 6.07) is 0.496. The van der Waals surface area contributed by atoms with Gasteiger partial charge in [-0.3, -0.25) is 0 Å². The van der Waals surface area contributed by atoms with E-state index in [0.717, 1.165) is 19.6 Å². The van der Waals surface area contributed by atoms with Crippen LogP contribution in [0.5, 0.6) is 0 Å². The topological polar surface area (TPSA) is 21.3 Å². The van der Waals surface area contributed by atoms with Gasteiger partial charge in [-0.05, 0) is 20.3 Å². The molecule has 0 heterocycles. The van der Waals surface area contributed by atoms with Gasteiger partial charge in [0.1, 0.15) is 0 Å². The molecule has 0 aliphatic carbocycles. The summed E-state index contributed by atoms with van der Waals surface area (Å²) in [6.07, 6.45) is 1.04. The van der Waals surface area contributed by atoms with Gasteiger partial charge in [0.2, 0.25) is 0 Å². The van der Waals surface area contributed by atoms with Crippen LogP contribution in [0.15, 0.2) is 0 Å². The third kappa shape index (κ3) is 8.11. The molecule has 0 spiro atoms. The van der Waals surface area contributed by atoms with Crippen molar-refractivity contribution in [1.29, 1.82) is 0 Å². The minimum absolute atomic E-state index is 0.208. The Kier molecular flexibility index (Phi) is 7.02. The van der Waals surface area contributed by atoms with E-state index in [-0.39, 0.29) is 5.38 Å². The Balaban J connectivity index is 3.15. The van der Waals surface area contributed by atoms with Crippen LogP contribution in [0.4, 0.5) is 0 Å². The van der Waals surface area contributed by atoms with Crippen LogP contribution < -0.4 is 5.32 Å². The lowest BCUT2D eigenvalue weighted by Gasteiger charge is -2.13. The van der Waals surface area contributed by atoms with Crippen LogP contribution in [0.25, 0.3) is 0 Å². The number of nitrogens with one attached hydrogen (secondary N) is 1. The summed E-state index contributed by atoms with van der Waals surface area (Å²) in [7, 11) is 1.72. The predicted octanol–water partition coefficient (Wildman–Crippen LogP) is 1.63. The molecule has 11 heavy (non-hydrogen) atoms. The Morgan fingerprint density at radius 3 is 2.55 bits per heavy atom. The van der Waals surface area contributed by atoms with E-state index in [9.17, 15) is 0 Å². The number of ether oxygens (including phenoxy) is 1. The molecule has 0 amide bonds. The van der Waals surface area contributed by atoms with Gasteiger partial charge in [0.25, 0.3) is 0 Å². The first kappa shape index (κ1) is 11.2. The van der Waals surface area contributed by atoms with E-state index in [2.05, 4.69) is 12.2 Å². The van der Waals surface area contributed by atoms with Crippen LogP contribution in [-0.2, 0) is 4.74 Å². The van der Waals surface area contributed by atoms with Crippen LogP contribution in [0.2, 0.25) is 0 Å². The SMILES string of the molecule is COCCC(C)NCC(C)Cl. The second kappa shape index (κ2) is 6.89. The quantitative estimate of drug-likeness (QED) is 0.626. The fourth-order valence-corrected chi connectivity index (χ4v) is 0.849. The molecule has 0 aromatic carbocycles. The van der Waals surface area contributed by atoms with Gasteiger partial charge in [-0.2, -0.15) is 0 Å². The van der Waals surface area contributed by atoms with Gasteiger partial charge < -0.3 is 10.1 Å². The first-order valence-corrected chi connectivity index (χ1v) is 4.47. The molecule has 0 rings (SSSR count). The number of methoxy groups -OCH3 is 1. The van der Waals surface area contributed by atoms with Gasteiger partial charge in [-0.25, -0.2) is 0 Å². The van der Waals surface area contributed by atoms with E-state index in [0.29, 0.717) is 6.04 Å². The van der Waals surface area contributed by atoms with E-state index in [1.54, 1.807) is 7.11 Å². The maximum atomic E-state index is 5.76. The summed E-state index contributed by atoms with van der Waals surface area (Å²) in [6.45, 7) is 5.80. The van der Waals surface area contributed by atoms with Gasteiger partial charge in [-0.15, -0.1) is 11.6 Å². The molecule has 0 radical (unpaired) electrons. The van der Waals surface area contributed by atoms with Crippen molar-refractivity contribution in [1.82, 2.24) is 5.32 Å². The molecular formula is C8H18ClNO. The Bertz CT molecular complexity index is 88.2. The molecule has 3 heteroatoms. The highest BCUT2D eigenvalue weighted by molar-refractivity contribution is 6.20. The molecule has 0 saturated heterocycles. The van der Waals surface area contributed by atoms with E-state index >= 15 is 0 Å². The fourth-order valence-electron chi connectivity index (χ4n) is 0.760. The molecule has 0 fully saturated rings. The van der Waals surface area contributed by atoms with Gasteiger partial charge >= 0.3 is 0 Å². The number of rotatable bonds is 6. The average Bonchev–Trinajstić information content (AvgIpc) is 1.97. The monoisotopic (exact) mass is 179 g/mol. The number of hydrogen-bond donors (Lipinski definition) is 1. The minimum Gasteiger partial charge on any atom is -0.385 e. The zero-order valence-corrected chi connectivity index (χ0v) is 8.32. The Morgan fingerprint density at radius 1 is 1.45 bits per heavy atom. The first-order chi connectivity index (χ1) is 5.16. The summed E-state index contributed by atoms with van der Waals surface area (Å²) in [4.78, 5) is 0. The van der Waals surface area contributed by atoms with Gasteiger partial charge in [0, 0.05) is 31.7 Å². The molecule has 0 aromatic heterocycles. The molecule has 0 aliphatic heterocycles. The molecule has 1 N–H and O–H groups in total. The molecule has 68 valence electrons. The zero-order chi connectivity index (χ0) is 8.69. The van der Waals surface area contributed by atoms with Gasteiger partial charge in [0.05, 0.1) is 0 Å². The highest BCUT2D eigenvalue weighted by Crippen LogP contribution is 1.94. The van der Waals surface area contributed by atoms with Crippen LogP contribution in [0.1, 0.15) is 20.3 Å². The Labute approximate surface area is 74.3 Å². The lowest BCUT2D eigenvalue weighted by molar-refractivity contribution is 0.185. The third-order valence-corrected chi connectivity index (χ3v) is 1.66. The van der Waals surface area contributed by atoms with Gasteiger partial charge in [-0.1, -0.05) is 0 Å². The molecule has 2 nitrogen and oxygen atoms in total. The third-order valence-electron chi connectivity index (χ3n) is 1.50. The van der Waals surface area contributed by atoms with Crippen LogP contribution in [0.3, 0.4) is 0 Å². The summed E-state index contributed by atoms with van der Waals surface area (Å²) in [5, 5.41) is 3.51. The molecule has 0 bridgehead atoms. The lowest BCUT2D eigenvalue weighted by atomic mass is 10.2. The average molecular weight is 180 g/mol. The van der Waals surface area contributed by atoms with Crippen molar-refractivity contribution < 1.29 is 4.74 Å². The van der Waals surface area contributed by atoms with Crippen molar-refractivity contribution in [3.63, 3.8) is 0 Å². The summed E-state index contributed by atoms with van der Waals surface area (Å²) < 4.78 is 4.95. The maximum Gasteiger partial charge on any atom is 0.0476 e. The van der Waals surface area contributed by atoms with Crippen LogP contribution >= 0.6 is 11.6 Å². The molecule has 0 aromatic rings. The largest absolute Gasteiger partial charge is 0.385 e. The van der Waals surface area contributed by atoms with Crippen LogP contribution in [0, 0.1) is 0 Å². The summed E-state index contributed by atoms with van der Waals surface area (Å²) >= 11 is 5.76. The summed E-state index contributed by atoms with van der Waals surface area (Å²) in [5.41, 5.74) is 0. The van der Waals surface area contributed by atoms with Crippen molar-refractivity contribution in [3.05, 3.63) is 0 Å². The minimum atomic E-state index is 0.208. The number of halogens is 1. The fraction of sp³-hybridized carbons (Fsp3) is 1.00. The Morgan fingerprint density at radius 2 is 2.09 bits per heavy atom. The molecule has 2 unspecified atom stereocenters. The second-order valence-electron chi connectivity index (χ2n) is 2.87. The molecule has 0 saturated carbocycles. The van der Waals surface area contributed by atoms with Crippen molar-refractivity contribution >= 4 is 11.6 Å². The highest BCUT2D eigenvalue weighted by Gasteiger charge is 2.01. The second-order valence-corrected chi connectivity index (χ2v) is 3.62. The zero-order valence-electron chi connectivity index (χ0n) is 7.56. The number of alkyl halides is 1. The van der Waals surface area contributed by atoms with Crippen molar-refractivity contribution in [2.75, 3.05) is 20.3 Å². The molecule has 2 atom stereocenters. The molecule has 0 aliphatic rings. The van der Waals surface area contributed by atoms with E-state index < -0.39 is 0 Å². The van der Waals surface area contributed by atoms with Crippen LogP contribution in [-0.4, -0.2) is 31.7 Å². The standard InChI is InChI=1S/C8H18ClNO/c1-7(9)6-10-8(2)4-5-11-3/h7-8,10H,4-6H2,1-3H3. The van der Waals surface area contributed by atoms with E-state index in [1.807, 2.05) is 6.92 Å². The van der Waals surface area contributed by atoms with Crippen molar-refractivity contribution in [2.45, 2.75) is 31.7 Å². The Hall–Kier alpha value is 0.210. The smallest absolute Gasteiger partial charge is 0.0476 e. The van der Waals surface area contributed by atoms with E-state index in [1.165, 1.54) is 0 Å². The predicted molar refractivity (Wildman–Crippen MR) is 49.3 cm³/mol. The van der Waals surface area contributed by atoms with Crippen molar-refractivity contribution in [2.24, 2.45) is 0 Å². The summed E-state index contributed by atoms with van der Waals surface area (Å²) in [5.74, 6) is 0. The van der Waals surface area contributed by atoms with Crippen molar-refractivity contribution in [3.8, 4) is 0 Å².